The fourth-order valence-electron chi connectivity index (χ4n) is 2.01. The molecule has 7 heteroatoms. The second-order valence-corrected chi connectivity index (χ2v) is 6.69. The molecule has 1 heterocycles. The van der Waals surface area contributed by atoms with Crippen molar-refractivity contribution >= 4 is 51.9 Å². The van der Waals surface area contributed by atoms with E-state index in [0.717, 1.165) is 0 Å². The number of carbonyl (C=O) groups is 1. The Kier molecular flexibility index (Phi) is 6.32. The predicted molar refractivity (Wildman–Crippen MR) is 102 cm³/mol. The molecule has 1 amide bonds. The Morgan fingerprint density at radius 2 is 2.29 bits per heavy atom. The zero-order valence-corrected chi connectivity index (χ0v) is 15.3. The normalized spacial score (nSPS) is 15.5. The van der Waals surface area contributed by atoms with E-state index < -0.39 is 0 Å². The van der Waals surface area contributed by atoms with Crippen LogP contribution in [0.3, 0.4) is 0 Å². The van der Waals surface area contributed by atoms with E-state index in [1.165, 1.54) is 23.8 Å². The minimum absolute atomic E-state index is 0.0790. The third-order valence-electron chi connectivity index (χ3n) is 3.03. The molecule has 0 aliphatic carbocycles. The summed E-state index contributed by atoms with van der Waals surface area (Å²) in [7, 11) is 1.50. The van der Waals surface area contributed by atoms with Crippen LogP contribution in [0.25, 0.3) is 6.08 Å². The van der Waals surface area contributed by atoms with Gasteiger partial charge in [0.05, 0.1) is 17.0 Å². The van der Waals surface area contributed by atoms with E-state index in [-0.39, 0.29) is 12.5 Å². The molecule has 0 bridgehead atoms. The smallest absolute Gasteiger partial charge is 0.266 e. The van der Waals surface area contributed by atoms with Gasteiger partial charge in [0.1, 0.15) is 10.9 Å². The molecule has 1 aromatic carbocycles. The van der Waals surface area contributed by atoms with Crippen molar-refractivity contribution in [2.45, 2.75) is 0 Å². The van der Waals surface area contributed by atoms with Gasteiger partial charge < -0.3 is 9.47 Å². The van der Waals surface area contributed by atoms with Crippen LogP contribution in [0, 0.1) is 12.3 Å². The van der Waals surface area contributed by atoms with Crippen molar-refractivity contribution in [1.82, 2.24) is 4.90 Å². The summed E-state index contributed by atoms with van der Waals surface area (Å²) < 4.78 is 11.2. The number of terminal acetylenes is 1. The van der Waals surface area contributed by atoms with E-state index in [4.69, 9.17) is 39.7 Å². The zero-order valence-electron chi connectivity index (χ0n) is 12.9. The highest BCUT2D eigenvalue weighted by Crippen LogP contribution is 2.38. The van der Waals surface area contributed by atoms with Gasteiger partial charge in [-0.25, -0.2) is 0 Å². The van der Waals surface area contributed by atoms with Gasteiger partial charge in [-0.1, -0.05) is 47.6 Å². The number of ether oxygens (including phenoxy) is 2. The molecule has 1 saturated heterocycles. The molecule has 0 aromatic heterocycles. The maximum absolute atomic E-state index is 12.3. The summed E-state index contributed by atoms with van der Waals surface area (Å²) in [6.45, 7) is 4.09. The molecule has 2 rings (SSSR count). The third-order valence-corrected chi connectivity index (χ3v) is 4.69. The molecule has 0 unspecified atom stereocenters. The van der Waals surface area contributed by atoms with E-state index in [1.807, 2.05) is 0 Å². The Hall–Kier alpha value is -1.94. The number of halogens is 1. The van der Waals surface area contributed by atoms with Crippen molar-refractivity contribution in [1.29, 1.82) is 0 Å². The fraction of sp³-hybridized carbons (Fsp3) is 0.176. The second-order valence-electron chi connectivity index (χ2n) is 4.61. The summed E-state index contributed by atoms with van der Waals surface area (Å²) in [5, 5.41) is 0.345. The fourth-order valence-corrected chi connectivity index (χ4v) is 3.56. The van der Waals surface area contributed by atoms with Gasteiger partial charge in [0, 0.05) is 6.54 Å². The van der Waals surface area contributed by atoms with Gasteiger partial charge >= 0.3 is 0 Å². The molecular formula is C17H14ClNO3S2. The molecule has 1 aliphatic rings. The molecule has 1 fully saturated rings. The van der Waals surface area contributed by atoms with Gasteiger partial charge in [0.25, 0.3) is 5.91 Å². The minimum Gasteiger partial charge on any atom is -0.493 e. The number of hydrogen-bond acceptors (Lipinski definition) is 5. The highest BCUT2D eigenvalue weighted by Gasteiger charge is 2.31. The van der Waals surface area contributed by atoms with E-state index in [2.05, 4.69) is 12.5 Å². The van der Waals surface area contributed by atoms with Crippen molar-refractivity contribution in [2.24, 2.45) is 0 Å². The first-order valence-electron chi connectivity index (χ1n) is 6.81. The van der Waals surface area contributed by atoms with E-state index >= 15 is 0 Å². The lowest BCUT2D eigenvalue weighted by atomic mass is 10.1. The SMILES string of the molecule is C#CCOc1c(Cl)cc(/C=C2\SC(=S)N(CC=C)C2=O)cc1OC. The van der Waals surface area contributed by atoms with Gasteiger partial charge in [0.15, 0.2) is 11.5 Å². The molecule has 0 N–H and O–H groups in total. The number of thioether (sulfide) groups is 1. The van der Waals surface area contributed by atoms with Crippen LogP contribution in [0.5, 0.6) is 11.5 Å². The predicted octanol–water partition coefficient (Wildman–Crippen LogP) is 3.75. The van der Waals surface area contributed by atoms with Crippen LogP contribution in [0.1, 0.15) is 5.56 Å². The van der Waals surface area contributed by atoms with Gasteiger partial charge in [0.2, 0.25) is 0 Å². The molecule has 0 atom stereocenters. The Balaban J connectivity index is 2.35. The molecule has 0 spiro atoms. The number of carbonyl (C=O) groups excluding carboxylic acids is 1. The van der Waals surface area contributed by atoms with Crippen LogP contribution < -0.4 is 9.47 Å². The molecule has 1 aromatic rings. The van der Waals surface area contributed by atoms with Gasteiger partial charge in [-0.15, -0.1) is 13.0 Å². The van der Waals surface area contributed by atoms with Crippen LogP contribution in [0.2, 0.25) is 5.02 Å². The van der Waals surface area contributed by atoms with E-state index in [0.29, 0.717) is 37.9 Å². The molecule has 0 radical (unpaired) electrons. The third kappa shape index (κ3) is 3.93. The molecule has 1 aliphatic heterocycles. The molecule has 24 heavy (non-hydrogen) atoms. The number of hydrogen-bond donors (Lipinski definition) is 0. The standard InChI is InChI=1S/C17H14ClNO3S2/c1-4-6-19-16(20)14(24-17(19)23)10-11-8-12(18)15(22-7-5-2)13(9-11)21-3/h2,4,8-10H,1,6-7H2,3H3/b14-10-. The van der Waals surface area contributed by atoms with Crippen LogP contribution in [-0.4, -0.2) is 35.4 Å². The lowest BCUT2D eigenvalue weighted by Gasteiger charge is -2.12. The van der Waals surface area contributed by atoms with Crippen LogP contribution in [-0.2, 0) is 4.79 Å². The van der Waals surface area contributed by atoms with Crippen molar-refractivity contribution in [3.05, 3.63) is 40.3 Å². The Labute approximate surface area is 155 Å². The highest BCUT2D eigenvalue weighted by molar-refractivity contribution is 8.26. The van der Waals surface area contributed by atoms with Crippen LogP contribution in [0.15, 0.2) is 29.7 Å². The average molecular weight is 380 g/mol. The quantitative estimate of drug-likeness (QED) is 0.326. The largest absolute Gasteiger partial charge is 0.493 e. The van der Waals surface area contributed by atoms with Gasteiger partial charge in [-0.3, -0.25) is 9.69 Å². The number of benzene rings is 1. The lowest BCUT2D eigenvalue weighted by molar-refractivity contribution is -0.121. The van der Waals surface area contributed by atoms with Crippen LogP contribution >= 0.6 is 35.6 Å². The maximum Gasteiger partial charge on any atom is 0.266 e. The molecule has 124 valence electrons. The number of amides is 1. The number of thiocarbonyl (C=S) groups is 1. The zero-order chi connectivity index (χ0) is 17.7. The van der Waals surface area contributed by atoms with E-state index in [1.54, 1.807) is 24.3 Å². The van der Waals surface area contributed by atoms with E-state index in [9.17, 15) is 4.79 Å². The second kappa shape index (κ2) is 8.25. The number of methoxy groups -OCH3 is 1. The molecule has 0 saturated carbocycles. The highest BCUT2D eigenvalue weighted by atomic mass is 35.5. The summed E-state index contributed by atoms with van der Waals surface area (Å²) in [6, 6.07) is 3.40. The Morgan fingerprint density at radius 1 is 1.54 bits per heavy atom. The molecular weight excluding hydrogens is 366 g/mol. The minimum atomic E-state index is -0.160. The molecule has 4 nitrogen and oxygen atoms in total. The van der Waals surface area contributed by atoms with Crippen LogP contribution in [0.4, 0.5) is 0 Å². The summed E-state index contributed by atoms with van der Waals surface area (Å²) in [4.78, 5) is 14.3. The maximum atomic E-state index is 12.3. The van der Waals surface area contributed by atoms with Crippen molar-refractivity contribution in [3.8, 4) is 23.8 Å². The number of rotatable bonds is 6. The first-order chi connectivity index (χ1) is 11.5. The first kappa shape index (κ1) is 18.4. The summed E-state index contributed by atoms with van der Waals surface area (Å²) >= 11 is 12.7. The Morgan fingerprint density at radius 3 is 2.92 bits per heavy atom. The summed E-state index contributed by atoms with van der Waals surface area (Å²) in [5.41, 5.74) is 0.698. The number of nitrogens with zero attached hydrogens (tertiary/aromatic N) is 1. The van der Waals surface area contributed by atoms with Crippen molar-refractivity contribution in [2.75, 3.05) is 20.3 Å². The van der Waals surface area contributed by atoms with Gasteiger partial charge in [-0.2, -0.15) is 0 Å². The summed E-state index contributed by atoms with van der Waals surface area (Å²) in [6.07, 6.45) is 8.53. The Bertz CT molecular complexity index is 768. The van der Waals surface area contributed by atoms with Crippen molar-refractivity contribution in [3.63, 3.8) is 0 Å². The first-order valence-corrected chi connectivity index (χ1v) is 8.42. The van der Waals surface area contributed by atoms with Crippen molar-refractivity contribution < 1.29 is 14.3 Å². The monoisotopic (exact) mass is 379 g/mol. The summed E-state index contributed by atoms with van der Waals surface area (Å²) in [5.74, 6) is 3.02. The average Bonchev–Trinajstić information content (AvgIpc) is 2.81. The van der Waals surface area contributed by atoms with Gasteiger partial charge in [-0.05, 0) is 23.8 Å². The topological polar surface area (TPSA) is 38.8 Å². The lowest BCUT2D eigenvalue weighted by Crippen LogP contribution is -2.27.